The van der Waals surface area contributed by atoms with Gasteiger partial charge in [-0.3, -0.25) is 4.79 Å². The number of hydrogen-bond acceptors (Lipinski definition) is 4. The highest BCUT2D eigenvalue weighted by molar-refractivity contribution is 5.77. The Morgan fingerprint density at radius 1 is 1.56 bits per heavy atom. The van der Waals surface area contributed by atoms with Gasteiger partial charge < -0.3 is 15.2 Å². The number of ether oxygens (including phenoxy) is 2. The zero-order valence-corrected chi connectivity index (χ0v) is 11.9. The van der Waals surface area contributed by atoms with Crippen LogP contribution in [0.1, 0.15) is 40.0 Å². The molecular formula is C14H27NO3. The fourth-order valence-electron chi connectivity index (χ4n) is 2.86. The monoisotopic (exact) mass is 257 g/mol. The number of carbonyl (C=O) groups is 1. The molecule has 0 amide bonds. The minimum absolute atomic E-state index is 0.131. The van der Waals surface area contributed by atoms with Gasteiger partial charge in [0.1, 0.15) is 0 Å². The molecule has 1 saturated heterocycles. The summed E-state index contributed by atoms with van der Waals surface area (Å²) in [5.74, 6) is 0.741. The third-order valence-electron chi connectivity index (χ3n) is 3.60. The van der Waals surface area contributed by atoms with Crippen molar-refractivity contribution in [3.05, 3.63) is 0 Å². The highest BCUT2D eigenvalue weighted by Gasteiger charge is 2.41. The topological polar surface area (TPSA) is 61.5 Å². The van der Waals surface area contributed by atoms with Gasteiger partial charge in [0.15, 0.2) is 0 Å². The molecule has 1 fully saturated rings. The lowest BCUT2D eigenvalue weighted by Gasteiger charge is -2.33. The second-order valence-electron chi connectivity index (χ2n) is 5.74. The lowest BCUT2D eigenvalue weighted by atomic mass is 9.73. The first kappa shape index (κ1) is 15.4. The summed E-state index contributed by atoms with van der Waals surface area (Å²) >= 11 is 0. The van der Waals surface area contributed by atoms with Crippen LogP contribution in [0.2, 0.25) is 0 Å². The molecule has 4 nitrogen and oxygen atoms in total. The van der Waals surface area contributed by atoms with Crippen LogP contribution >= 0.6 is 0 Å². The summed E-state index contributed by atoms with van der Waals surface area (Å²) in [5, 5.41) is 0. The molecule has 2 unspecified atom stereocenters. The molecule has 0 spiro atoms. The highest BCUT2D eigenvalue weighted by atomic mass is 16.5. The first-order valence-corrected chi connectivity index (χ1v) is 6.99. The molecule has 0 saturated carbocycles. The van der Waals surface area contributed by atoms with Crippen LogP contribution < -0.4 is 5.73 Å². The minimum Gasteiger partial charge on any atom is -0.466 e. The van der Waals surface area contributed by atoms with Crippen molar-refractivity contribution < 1.29 is 14.3 Å². The van der Waals surface area contributed by atoms with Gasteiger partial charge in [0.25, 0.3) is 0 Å². The van der Waals surface area contributed by atoms with E-state index in [0.717, 1.165) is 32.5 Å². The van der Waals surface area contributed by atoms with E-state index < -0.39 is 5.41 Å². The van der Waals surface area contributed by atoms with Crippen molar-refractivity contribution in [3.63, 3.8) is 0 Å². The zero-order chi connectivity index (χ0) is 13.6. The maximum atomic E-state index is 12.3. The molecule has 18 heavy (non-hydrogen) atoms. The van der Waals surface area contributed by atoms with Gasteiger partial charge in [-0.1, -0.05) is 13.8 Å². The van der Waals surface area contributed by atoms with Crippen LogP contribution in [0.25, 0.3) is 0 Å². The molecule has 0 aliphatic carbocycles. The second-order valence-corrected chi connectivity index (χ2v) is 5.74. The Morgan fingerprint density at radius 3 is 2.72 bits per heavy atom. The summed E-state index contributed by atoms with van der Waals surface area (Å²) in [6.07, 6.45) is 2.61. The van der Waals surface area contributed by atoms with Crippen molar-refractivity contribution >= 4 is 5.97 Å². The van der Waals surface area contributed by atoms with Crippen LogP contribution in [-0.2, 0) is 14.3 Å². The van der Waals surface area contributed by atoms with Crippen LogP contribution in [0.15, 0.2) is 0 Å². The Kier molecular flexibility index (Phi) is 6.09. The highest BCUT2D eigenvalue weighted by Crippen LogP contribution is 2.36. The molecule has 1 aliphatic rings. The molecule has 1 rings (SSSR count). The first-order chi connectivity index (χ1) is 8.54. The van der Waals surface area contributed by atoms with Gasteiger partial charge in [0.05, 0.1) is 12.0 Å². The fourth-order valence-corrected chi connectivity index (χ4v) is 2.86. The van der Waals surface area contributed by atoms with Gasteiger partial charge in [-0.15, -0.1) is 0 Å². The van der Waals surface area contributed by atoms with E-state index in [2.05, 4.69) is 13.8 Å². The van der Waals surface area contributed by atoms with E-state index in [4.69, 9.17) is 15.2 Å². The van der Waals surface area contributed by atoms with Gasteiger partial charge in [-0.25, -0.2) is 0 Å². The summed E-state index contributed by atoms with van der Waals surface area (Å²) < 4.78 is 10.6. The number of esters is 1. The Morgan fingerprint density at radius 2 is 2.28 bits per heavy atom. The maximum absolute atomic E-state index is 12.3. The van der Waals surface area contributed by atoms with Crippen LogP contribution in [0.5, 0.6) is 0 Å². The Hall–Kier alpha value is -0.610. The van der Waals surface area contributed by atoms with E-state index in [1.54, 1.807) is 0 Å². The molecule has 106 valence electrons. The van der Waals surface area contributed by atoms with Gasteiger partial charge in [-0.05, 0) is 38.0 Å². The normalized spacial score (nSPS) is 23.1. The predicted octanol–water partition coefficient (Wildman–Crippen LogP) is 1.97. The van der Waals surface area contributed by atoms with E-state index >= 15 is 0 Å². The summed E-state index contributed by atoms with van der Waals surface area (Å²) in [4.78, 5) is 12.3. The average molecular weight is 257 g/mol. The van der Waals surface area contributed by atoms with E-state index in [1.807, 2.05) is 6.92 Å². The Balaban J connectivity index is 2.78. The molecule has 1 aliphatic heterocycles. The van der Waals surface area contributed by atoms with E-state index in [9.17, 15) is 4.79 Å². The van der Waals surface area contributed by atoms with Crippen molar-refractivity contribution in [1.29, 1.82) is 0 Å². The predicted molar refractivity (Wildman–Crippen MR) is 71.1 cm³/mol. The minimum atomic E-state index is -0.525. The molecule has 0 aromatic heterocycles. The number of carbonyl (C=O) groups excluding carboxylic acids is 1. The molecule has 0 bridgehead atoms. The lowest BCUT2D eigenvalue weighted by Crippen LogP contribution is -2.43. The van der Waals surface area contributed by atoms with Gasteiger partial charge in [0, 0.05) is 19.8 Å². The molecule has 1 heterocycles. The molecule has 2 atom stereocenters. The SMILES string of the molecule is CCOC(=O)C(CN)(CC(C)C)CC1CCOC1. The standard InChI is InChI=1S/C14H27NO3/c1-4-18-13(16)14(10-15,7-11(2)3)8-12-5-6-17-9-12/h11-12H,4-10,15H2,1-3H3. The second kappa shape index (κ2) is 7.10. The number of rotatable bonds is 7. The van der Waals surface area contributed by atoms with E-state index in [1.165, 1.54) is 0 Å². The molecule has 0 aromatic rings. The van der Waals surface area contributed by atoms with Gasteiger partial charge in [0.2, 0.25) is 0 Å². The Labute approximate surface area is 110 Å². The Bertz CT molecular complexity index is 262. The van der Waals surface area contributed by atoms with Crippen LogP contribution in [0, 0.1) is 17.3 Å². The summed E-state index contributed by atoms with van der Waals surface area (Å²) in [6, 6.07) is 0. The van der Waals surface area contributed by atoms with Crippen molar-refractivity contribution in [1.82, 2.24) is 0 Å². The zero-order valence-electron chi connectivity index (χ0n) is 11.9. The van der Waals surface area contributed by atoms with Gasteiger partial charge in [-0.2, -0.15) is 0 Å². The maximum Gasteiger partial charge on any atom is 0.313 e. The van der Waals surface area contributed by atoms with Crippen molar-refractivity contribution in [2.45, 2.75) is 40.0 Å². The number of nitrogens with two attached hydrogens (primary N) is 1. The van der Waals surface area contributed by atoms with Crippen LogP contribution in [0.4, 0.5) is 0 Å². The third-order valence-corrected chi connectivity index (χ3v) is 3.60. The van der Waals surface area contributed by atoms with E-state index in [0.29, 0.717) is 25.0 Å². The lowest BCUT2D eigenvalue weighted by molar-refractivity contribution is -0.157. The average Bonchev–Trinajstić information content (AvgIpc) is 2.80. The third kappa shape index (κ3) is 3.95. The summed E-state index contributed by atoms with van der Waals surface area (Å²) in [5.41, 5.74) is 5.40. The largest absolute Gasteiger partial charge is 0.466 e. The summed E-state index contributed by atoms with van der Waals surface area (Å²) in [6.45, 7) is 8.41. The molecule has 0 aromatic carbocycles. The first-order valence-electron chi connectivity index (χ1n) is 6.99. The quantitative estimate of drug-likeness (QED) is 0.708. The molecular weight excluding hydrogens is 230 g/mol. The van der Waals surface area contributed by atoms with Crippen LogP contribution in [0.3, 0.4) is 0 Å². The molecule has 0 radical (unpaired) electrons. The molecule has 4 heteroatoms. The number of hydrogen-bond donors (Lipinski definition) is 1. The van der Waals surface area contributed by atoms with Gasteiger partial charge >= 0.3 is 5.97 Å². The van der Waals surface area contributed by atoms with Crippen molar-refractivity contribution in [2.75, 3.05) is 26.4 Å². The summed E-state index contributed by atoms with van der Waals surface area (Å²) in [7, 11) is 0. The van der Waals surface area contributed by atoms with Crippen molar-refractivity contribution in [3.8, 4) is 0 Å². The fraction of sp³-hybridized carbons (Fsp3) is 0.929. The van der Waals surface area contributed by atoms with Crippen LogP contribution in [-0.4, -0.2) is 32.3 Å². The van der Waals surface area contributed by atoms with E-state index in [-0.39, 0.29) is 5.97 Å². The smallest absolute Gasteiger partial charge is 0.313 e. The molecule has 2 N–H and O–H groups in total. The van der Waals surface area contributed by atoms with Crippen molar-refractivity contribution in [2.24, 2.45) is 23.0 Å².